The Morgan fingerprint density at radius 3 is 2.83 bits per heavy atom. The summed E-state index contributed by atoms with van der Waals surface area (Å²) in [6, 6.07) is 4.77. The molecule has 0 saturated heterocycles. The number of rotatable bonds is 3. The zero-order valence-electron chi connectivity index (χ0n) is 9.98. The van der Waals surface area contributed by atoms with Crippen LogP contribution < -0.4 is 5.32 Å². The zero-order chi connectivity index (χ0) is 13.1. The molecule has 0 saturated carbocycles. The molecule has 0 radical (unpaired) electrons. The van der Waals surface area contributed by atoms with E-state index in [-0.39, 0.29) is 17.5 Å². The molecular weight excluding hydrogens is 254 g/mol. The highest BCUT2D eigenvalue weighted by Crippen LogP contribution is 2.18. The third kappa shape index (κ3) is 2.87. The van der Waals surface area contributed by atoms with Crippen molar-refractivity contribution in [2.45, 2.75) is 19.8 Å². The molecule has 2 rings (SSSR count). The summed E-state index contributed by atoms with van der Waals surface area (Å²) in [4.78, 5) is 15.7. The monoisotopic (exact) mass is 265 g/mol. The van der Waals surface area contributed by atoms with Gasteiger partial charge in [0.25, 0.3) is 5.91 Å². The van der Waals surface area contributed by atoms with Gasteiger partial charge in [-0.1, -0.05) is 30.6 Å². The number of pyridine rings is 1. The Morgan fingerprint density at radius 2 is 2.22 bits per heavy atom. The third-order valence-electron chi connectivity index (χ3n) is 2.31. The minimum absolute atomic E-state index is 0.227. The van der Waals surface area contributed by atoms with Crippen molar-refractivity contribution in [2.24, 2.45) is 0 Å². The van der Waals surface area contributed by atoms with E-state index in [9.17, 15) is 4.79 Å². The van der Waals surface area contributed by atoms with Gasteiger partial charge in [0.1, 0.15) is 5.69 Å². The summed E-state index contributed by atoms with van der Waals surface area (Å²) in [6.07, 6.45) is 1.47. The number of amides is 1. The standard InChI is InChI=1S/C12H12ClN3O2/c1-7(2)9-6-11(18-16-9)15-12(17)10-5-8(13)3-4-14-10/h3-7H,1-2H3,(H,15,17). The van der Waals surface area contributed by atoms with Crippen LogP contribution in [0, 0.1) is 0 Å². The third-order valence-corrected chi connectivity index (χ3v) is 2.55. The van der Waals surface area contributed by atoms with Crippen LogP contribution in [-0.4, -0.2) is 16.0 Å². The van der Waals surface area contributed by atoms with Crippen LogP contribution in [-0.2, 0) is 0 Å². The van der Waals surface area contributed by atoms with E-state index in [1.807, 2.05) is 13.8 Å². The Bertz CT molecular complexity index is 566. The number of anilines is 1. The molecule has 0 aliphatic carbocycles. The van der Waals surface area contributed by atoms with E-state index >= 15 is 0 Å². The van der Waals surface area contributed by atoms with Crippen molar-refractivity contribution < 1.29 is 9.32 Å². The lowest BCUT2D eigenvalue weighted by molar-refractivity contribution is 0.101. The van der Waals surface area contributed by atoms with Crippen LogP contribution in [0.4, 0.5) is 5.88 Å². The average molecular weight is 266 g/mol. The van der Waals surface area contributed by atoms with E-state index < -0.39 is 0 Å². The van der Waals surface area contributed by atoms with E-state index in [1.165, 1.54) is 12.3 Å². The summed E-state index contributed by atoms with van der Waals surface area (Å²) >= 11 is 5.78. The molecule has 1 N–H and O–H groups in total. The van der Waals surface area contributed by atoms with Gasteiger partial charge in [-0.15, -0.1) is 0 Å². The maximum absolute atomic E-state index is 11.8. The van der Waals surface area contributed by atoms with Crippen molar-refractivity contribution in [2.75, 3.05) is 5.32 Å². The summed E-state index contributed by atoms with van der Waals surface area (Å²) in [6.45, 7) is 3.98. The molecule has 0 aliphatic rings. The molecule has 0 fully saturated rings. The SMILES string of the molecule is CC(C)c1cc(NC(=O)c2cc(Cl)ccn2)on1. The minimum Gasteiger partial charge on any atom is -0.338 e. The van der Waals surface area contributed by atoms with Crippen molar-refractivity contribution in [3.8, 4) is 0 Å². The number of hydrogen-bond donors (Lipinski definition) is 1. The van der Waals surface area contributed by atoms with Gasteiger partial charge in [-0.05, 0) is 18.1 Å². The molecule has 0 atom stereocenters. The molecule has 2 aromatic heterocycles. The average Bonchev–Trinajstić information content (AvgIpc) is 2.77. The number of carbonyl (C=O) groups excluding carboxylic acids is 1. The van der Waals surface area contributed by atoms with Crippen LogP contribution in [0.1, 0.15) is 35.9 Å². The van der Waals surface area contributed by atoms with E-state index in [1.54, 1.807) is 12.1 Å². The molecule has 0 spiro atoms. The second-order valence-corrected chi connectivity index (χ2v) is 4.52. The Hall–Kier alpha value is -1.88. The molecule has 94 valence electrons. The van der Waals surface area contributed by atoms with E-state index in [4.69, 9.17) is 16.1 Å². The van der Waals surface area contributed by atoms with Crippen LogP contribution in [0.5, 0.6) is 0 Å². The summed E-state index contributed by atoms with van der Waals surface area (Å²) in [5, 5.41) is 6.87. The Labute approximate surface area is 109 Å². The largest absolute Gasteiger partial charge is 0.338 e. The van der Waals surface area contributed by atoms with Gasteiger partial charge in [-0.25, -0.2) is 0 Å². The van der Waals surface area contributed by atoms with E-state index in [0.29, 0.717) is 10.9 Å². The van der Waals surface area contributed by atoms with Gasteiger partial charge in [0.15, 0.2) is 0 Å². The molecule has 0 aliphatic heterocycles. The lowest BCUT2D eigenvalue weighted by atomic mass is 10.1. The van der Waals surface area contributed by atoms with Gasteiger partial charge in [-0.2, -0.15) is 0 Å². The summed E-state index contributed by atoms with van der Waals surface area (Å²) in [7, 11) is 0. The first-order valence-electron chi connectivity index (χ1n) is 5.46. The van der Waals surface area contributed by atoms with Crippen molar-refractivity contribution in [3.63, 3.8) is 0 Å². The highest BCUT2D eigenvalue weighted by Gasteiger charge is 2.12. The molecule has 0 unspecified atom stereocenters. The molecular formula is C12H12ClN3O2. The van der Waals surface area contributed by atoms with Gasteiger partial charge in [0, 0.05) is 17.3 Å². The summed E-state index contributed by atoms with van der Waals surface area (Å²) in [5.41, 5.74) is 1.01. The zero-order valence-corrected chi connectivity index (χ0v) is 10.7. The van der Waals surface area contributed by atoms with Gasteiger partial charge < -0.3 is 4.52 Å². The molecule has 2 heterocycles. The fourth-order valence-corrected chi connectivity index (χ4v) is 1.48. The molecule has 6 heteroatoms. The smallest absolute Gasteiger partial charge is 0.276 e. The van der Waals surface area contributed by atoms with Gasteiger partial charge in [-0.3, -0.25) is 15.1 Å². The maximum Gasteiger partial charge on any atom is 0.276 e. The quantitative estimate of drug-likeness (QED) is 0.926. The van der Waals surface area contributed by atoms with Crippen molar-refractivity contribution in [3.05, 3.63) is 40.8 Å². The Kier molecular flexibility index (Phi) is 3.62. The molecule has 1 amide bonds. The predicted octanol–water partition coefficient (Wildman–Crippen LogP) is 3.10. The highest BCUT2D eigenvalue weighted by atomic mass is 35.5. The first kappa shape index (κ1) is 12.6. The van der Waals surface area contributed by atoms with Crippen LogP contribution >= 0.6 is 11.6 Å². The number of carbonyl (C=O) groups is 1. The minimum atomic E-state index is -0.385. The number of nitrogens with one attached hydrogen (secondary N) is 1. The lowest BCUT2D eigenvalue weighted by Gasteiger charge is -2.00. The van der Waals surface area contributed by atoms with E-state index in [2.05, 4.69) is 15.5 Å². The van der Waals surface area contributed by atoms with Crippen LogP contribution in [0.3, 0.4) is 0 Å². The fourth-order valence-electron chi connectivity index (χ4n) is 1.32. The first-order valence-corrected chi connectivity index (χ1v) is 5.83. The number of hydrogen-bond acceptors (Lipinski definition) is 4. The van der Waals surface area contributed by atoms with Crippen molar-refractivity contribution >= 4 is 23.4 Å². The molecule has 2 aromatic rings. The van der Waals surface area contributed by atoms with Crippen LogP contribution in [0.2, 0.25) is 5.02 Å². The first-order chi connectivity index (χ1) is 8.56. The Morgan fingerprint density at radius 1 is 1.44 bits per heavy atom. The molecule has 0 bridgehead atoms. The van der Waals surface area contributed by atoms with Gasteiger partial charge in [0.05, 0.1) is 5.69 Å². The normalized spacial score (nSPS) is 10.7. The van der Waals surface area contributed by atoms with Crippen molar-refractivity contribution in [1.82, 2.24) is 10.1 Å². The number of aromatic nitrogens is 2. The highest BCUT2D eigenvalue weighted by molar-refractivity contribution is 6.30. The fraction of sp³-hybridized carbons (Fsp3) is 0.250. The summed E-state index contributed by atoms with van der Waals surface area (Å²) in [5.74, 6) is 0.151. The van der Waals surface area contributed by atoms with Crippen LogP contribution in [0.25, 0.3) is 0 Å². The molecule has 5 nitrogen and oxygen atoms in total. The van der Waals surface area contributed by atoms with Gasteiger partial charge in [0.2, 0.25) is 5.88 Å². The topological polar surface area (TPSA) is 68.0 Å². The van der Waals surface area contributed by atoms with Gasteiger partial charge >= 0.3 is 0 Å². The molecule has 18 heavy (non-hydrogen) atoms. The summed E-state index contributed by atoms with van der Waals surface area (Å²) < 4.78 is 5.01. The van der Waals surface area contributed by atoms with Crippen LogP contribution in [0.15, 0.2) is 28.9 Å². The number of halogens is 1. The second-order valence-electron chi connectivity index (χ2n) is 4.08. The maximum atomic E-state index is 11.8. The Balaban J connectivity index is 2.11. The number of nitrogens with zero attached hydrogens (tertiary/aromatic N) is 2. The lowest BCUT2D eigenvalue weighted by Crippen LogP contribution is -2.12. The van der Waals surface area contributed by atoms with Crippen molar-refractivity contribution in [1.29, 1.82) is 0 Å². The van der Waals surface area contributed by atoms with E-state index in [0.717, 1.165) is 5.69 Å². The predicted molar refractivity (Wildman–Crippen MR) is 67.8 cm³/mol. The molecule has 0 aromatic carbocycles. The second kappa shape index (κ2) is 5.18.